The quantitative estimate of drug-likeness (QED) is 0.658. The number of amides is 1. The van der Waals surface area contributed by atoms with Gasteiger partial charge in [0, 0.05) is 39.1 Å². The van der Waals surface area contributed by atoms with Crippen molar-refractivity contribution >= 4 is 5.91 Å². The fourth-order valence-electron chi connectivity index (χ4n) is 4.12. The standard InChI is InChI=1S/C24H23FN2O3/c25-20-4-2-1-3-19(20)22-7-8-23(30-22)24(28)27-12-10-26(11-13-27)16-17-5-6-21-18(15-17)9-14-29-21/h1-8,15H,9-14,16H2. The first-order valence-electron chi connectivity index (χ1n) is 10.3. The lowest BCUT2D eigenvalue weighted by molar-refractivity contribution is 0.0598. The number of hydrogen-bond donors (Lipinski definition) is 0. The smallest absolute Gasteiger partial charge is 0.289 e. The monoisotopic (exact) mass is 406 g/mol. The average molecular weight is 406 g/mol. The molecule has 3 heterocycles. The molecule has 154 valence electrons. The summed E-state index contributed by atoms with van der Waals surface area (Å²) in [5, 5.41) is 0. The van der Waals surface area contributed by atoms with Crippen LogP contribution in [0.2, 0.25) is 0 Å². The number of carbonyl (C=O) groups excluding carboxylic acids is 1. The Morgan fingerprint density at radius 1 is 1.00 bits per heavy atom. The van der Waals surface area contributed by atoms with Crippen LogP contribution in [0.5, 0.6) is 5.75 Å². The Balaban J connectivity index is 1.20. The Morgan fingerprint density at radius 3 is 2.67 bits per heavy atom. The molecule has 5 rings (SSSR count). The third kappa shape index (κ3) is 3.71. The lowest BCUT2D eigenvalue weighted by Gasteiger charge is -2.34. The predicted octanol–water partition coefficient (Wildman–Crippen LogP) is 3.98. The highest BCUT2D eigenvalue weighted by atomic mass is 19.1. The molecule has 0 saturated carbocycles. The number of nitrogens with zero attached hydrogens (tertiary/aromatic N) is 2. The van der Waals surface area contributed by atoms with E-state index in [0.717, 1.165) is 38.4 Å². The van der Waals surface area contributed by atoms with Gasteiger partial charge in [-0.15, -0.1) is 0 Å². The number of halogens is 1. The molecular formula is C24H23FN2O3. The minimum atomic E-state index is -0.363. The van der Waals surface area contributed by atoms with Crippen molar-refractivity contribution in [3.05, 3.63) is 77.3 Å². The molecule has 0 radical (unpaired) electrons. The summed E-state index contributed by atoms with van der Waals surface area (Å²) in [5.74, 6) is 1.11. The molecule has 5 nitrogen and oxygen atoms in total. The summed E-state index contributed by atoms with van der Waals surface area (Å²) in [7, 11) is 0. The molecule has 6 heteroatoms. The highest BCUT2D eigenvalue weighted by Gasteiger charge is 2.25. The number of benzene rings is 2. The second-order valence-corrected chi connectivity index (χ2v) is 7.75. The third-order valence-electron chi connectivity index (χ3n) is 5.78. The first-order valence-corrected chi connectivity index (χ1v) is 10.3. The summed E-state index contributed by atoms with van der Waals surface area (Å²) in [4.78, 5) is 17.0. The third-order valence-corrected chi connectivity index (χ3v) is 5.78. The molecule has 0 N–H and O–H groups in total. The van der Waals surface area contributed by atoms with Gasteiger partial charge in [-0.1, -0.05) is 24.3 Å². The summed E-state index contributed by atoms with van der Waals surface area (Å²) in [6.45, 7) is 4.53. The van der Waals surface area contributed by atoms with Crippen LogP contribution in [0.3, 0.4) is 0 Å². The van der Waals surface area contributed by atoms with E-state index in [4.69, 9.17) is 9.15 Å². The maximum absolute atomic E-state index is 14.0. The molecule has 30 heavy (non-hydrogen) atoms. The van der Waals surface area contributed by atoms with Gasteiger partial charge >= 0.3 is 0 Å². The zero-order valence-electron chi connectivity index (χ0n) is 16.6. The van der Waals surface area contributed by atoms with Crippen LogP contribution in [0, 0.1) is 5.82 Å². The Kier molecular flexibility index (Phi) is 5.01. The number of carbonyl (C=O) groups is 1. The highest BCUT2D eigenvalue weighted by molar-refractivity contribution is 5.92. The van der Waals surface area contributed by atoms with Gasteiger partial charge in [0.05, 0.1) is 12.2 Å². The van der Waals surface area contributed by atoms with Gasteiger partial charge in [-0.05, 0) is 41.5 Å². The Bertz CT molecular complexity index is 1070. The maximum Gasteiger partial charge on any atom is 0.289 e. The normalized spacial score (nSPS) is 16.4. The summed E-state index contributed by atoms with van der Waals surface area (Å²) in [6, 6.07) is 16.1. The van der Waals surface area contributed by atoms with Crippen LogP contribution in [0.1, 0.15) is 21.7 Å². The van der Waals surface area contributed by atoms with Gasteiger partial charge < -0.3 is 14.1 Å². The minimum absolute atomic E-state index is 0.146. The molecular weight excluding hydrogens is 383 g/mol. The fourth-order valence-corrected chi connectivity index (χ4v) is 4.12. The molecule has 0 bridgehead atoms. The molecule has 3 aromatic rings. The van der Waals surface area contributed by atoms with E-state index in [9.17, 15) is 9.18 Å². The van der Waals surface area contributed by atoms with Gasteiger partial charge in [-0.25, -0.2) is 4.39 Å². The van der Waals surface area contributed by atoms with Gasteiger partial charge in [0.25, 0.3) is 5.91 Å². The molecule has 2 aliphatic heterocycles. The number of piperazine rings is 1. The Hall–Kier alpha value is -3.12. The molecule has 0 unspecified atom stereocenters. The van der Waals surface area contributed by atoms with Gasteiger partial charge in [-0.2, -0.15) is 0 Å². The van der Waals surface area contributed by atoms with Gasteiger partial charge in [0.1, 0.15) is 17.3 Å². The number of fused-ring (bicyclic) bond motifs is 1. The lowest BCUT2D eigenvalue weighted by Crippen LogP contribution is -2.48. The van der Waals surface area contributed by atoms with Gasteiger partial charge in [0.2, 0.25) is 0 Å². The van der Waals surface area contributed by atoms with E-state index in [2.05, 4.69) is 23.1 Å². The summed E-state index contributed by atoms with van der Waals surface area (Å²) < 4.78 is 25.2. The summed E-state index contributed by atoms with van der Waals surface area (Å²) >= 11 is 0. The van der Waals surface area contributed by atoms with E-state index in [1.165, 1.54) is 17.2 Å². The molecule has 1 fully saturated rings. The maximum atomic E-state index is 14.0. The first kappa shape index (κ1) is 18.9. The van der Waals surface area contributed by atoms with Crippen LogP contribution >= 0.6 is 0 Å². The van der Waals surface area contributed by atoms with E-state index >= 15 is 0 Å². The second kappa shape index (κ2) is 7.95. The number of ether oxygens (including phenoxy) is 1. The topological polar surface area (TPSA) is 45.9 Å². The lowest BCUT2D eigenvalue weighted by atomic mass is 10.1. The van der Waals surface area contributed by atoms with Crippen molar-refractivity contribution in [2.75, 3.05) is 32.8 Å². The van der Waals surface area contributed by atoms with Crippen molar-refractivity contribution in [2.24, 2.45) is 0 Å². The summed E-state index contributed by atoms with van der Waals surface area (Å²) in [6.07, 6.45) is 0.976. The molecule has 0 aliphatic carbocycles. The second-order valence-electron chi connectivity index (χ2n) is 7.75. The van der Waals surface area contributed by atoms with Crippen molar-refractivity contribution in [2.45, 2.75) is 13.0 Å². The van der Waals surface area contributed by atoms with Crippen molar-refractivity contribution < 1.29 is 18.3 Å². The van der Waals surface area contributed by atoms with Crippen molar-refractivity contribution in [3.8, 4) is 17.1 Å². The van der Waals surface area contributed by atoms with E-state index < -0.39 is 0 Å². The molecule has 0 atom stereocenters. The molecule has 1 amide bonds. The van der Waals surface area contributed by atoms with Crippen LogP contribution in [-0.4, -0.2) is 48.5 Å². The fraction of sp³-hybridized carbons (Fsp3) is 0.292. The van der Waals surface area contributed by atoms with Crippen molar-refractivity contribution in [1.82, 2.24) is 9.80 Å². The van der Waals surface area contributed by atoms with Crippen LogP contribution < -0.4 is 4.74 Å². The van der Waals surface area contributed by atoms with E-state index in [-0.39, 0.29) is 17.5 Å². The van der Waals surface area contributed by atoms with Gasteiger partial charge in [-0.3, -0.25) is 9.69 Å². The molecule has 1 saturated heterocycles. The zero-order valence-corrected chi connectivity index (χ0v) is 16.6. The Labute approximate surface area is 174 Å². The zero-order chi connectivity index (χ0) is 20.5. The SMILES string of the molecule is O=C(c1ccc(-c2ccccc2F)o1)N1CCN(Cc2ccc3c(c2)CCO3)CC1. The Morgan fingerprint density at radius 2 is 1.83 bits per heavy atom. The van der Waals surface area contributed by atoms with Crippen LogP contribution in [0.4, 0.5) is 4.39 Å². The number of hydrogen-bond acceptors (Lipinski definition) is 4. The van der Waals surface area contributed by atoms with E-state index in [0.29, 0.717) is 24.4 Å². The minimum Gasteiger partial charge on any atom is -0.493 e. The molecule has 2 aromatic carbocycles. The predicted molar refractivity (Wildman–Crippen MR) is 111 cm³/mol. The number of furan rings is 1. The van der Waals surface area contributed by atoms with E-state index in [1.807, 2.05) is 0 Å². The molecule has 0 spiro atoms. The molecule has 1 aromatic heterocycles. The van der Waals surface area contributed by atoms with Gasteiger partial charge in [0.15, 0.2) is 5.76 Å². The first-order chi connectivity index (χ1) is 14.7. The highest BCUT2D eigenvalue weighted by Crippen LogP contribution is 2.27. The van der Waals surface area contributed by atoms with Crippen molar-refractivity contribution in [3.63, 3.8) is 0 Å². The number of rotatable bonds is 4. The summed E-state index contributed by atoms with van der Waals surface area (Å²) in [5.41, 5.74) is 2.92. The molecule has 2 aliphatic rings. The largest absolute Gasteiger partial charge is 0.493 e. The van der Waals surface area contributed by atoms with Crippen LogP contribution in [-0.2, 0) is 13.0 Å². The van der Waals surface area contributed by atoms with Crippen LogP contribution in [0.15, 0.2) is 59.0 Å². The van der Waals surface area contributed by atoms with Crippen LogP contribution in [0.25, 0.3) is 11.3 Å². The van der Waals surface area contributed by atoms with E-state index in [1.54, 1.807) is 35.2 Å². The average Bonchev–Trinajstić information content (AvgIpc) is 3.43. The van der Waals surface area contributed by atoms with Crippen molar-refractivity contribution in [1.29, 1.82) is 0 Å².